The fourth-order valence-corrected chi connectivity index (χ4v) is 2.95. The van der Waals surface area contributed by atoms with Crippen molar-refractivity contribution in [1.82, 2.24) is 9.97 Å². The molecule has 2 rings (SSSR count). The minimum atomic E-state index is 0.202. The predicted octanol–water partition coefficient (Wildman–Crippen LogP) is 5.19. The molecule has 0 bridgehead atoms. The van der Waals surface area contributed by atoms with Crippen molar-refractivity contribution in [3.63, 3.8) is 0 Å². The van der Waals surface area contributed by atoms with Gasteiger partial charge in [-0.05, 0) is 31.9 Å². The minimum Gasteiger partial charge on any atom is -0.216 e. The zero-order valence-corrected chi connectivity index (χ0v) is 13.0. The van der Waals surface area contributed by atoms with Crippen LogP contribution in [0.3, 0.4) is 0 Å². The zero-order chi connectivity index (χ0) is 14.2. The first kappa shape index (κ1) is 14.3. The van der Waals surface area contributed by atoms with Crippen molar-refractivity contribution < 1.29 is 0 Å². The molecule has 0 saturated carbocycles. The molecular weight excluding hydrogens is 279 g/mol. The molecule has 0 aliphatic carbocycles. The standard InChI is InChI=1S/C15H16Cl2N2/c1-8(2)12-13(16)18-15(19-14(12)17)11-6-9(3)5-10(4)7-11/h5-8H,1-4H3. The van der Waals surface area contributed by atoms with E-state index in [1.807, 2.05) is 39.8 Å². The maximum absolute atomic E-state index is 6.22. The average Bonchev–Trinajstić information content (AvgIpc) is 2.25. The maximum Gasteiger partial charge on any atom is 0.162 e. The summed E-state index contributed by atoms with van der Waals surface area (Å²) in [6, 6.07) is 6.17. The largest absolute Gasteiger partial charge is 0.216 e. The molecule has 0 aliphatic rings. The quantitative estimate of drug-likeness (QED) is 0.712. The summed E-state index contributed by atoms with van der Waals surface area (Å²) in [5.41, 5.74) is 4.07. The molecule has 0 unspecified atom stereocenters. The molecular formula is C15H16Cl2N2. The van der Waals surface area contributed by atoms with Crippen molar-refractivity contribution in [2.45, 2.75) is 33.6 Å². The van der Waals surface area contributed by atoms with E-state index in [1.165, 1.54) is 11.1 Å². The number of nitrogens with zero attached hydrogens (tertiary/aromatic N) is 2. The Morgan fingerprint density at radius 2 is 1.37 bits per heavy atom. The lowest BCUT2D eigenvalue weighted by Crippen LogP contribution is -1.99. The van der Waals surface area contributed by atoms with Crippen LogP contribution in [0.1, 0.15) is 36.5 Å². The molecule has 4 heteroatoms. The van der Waals surface area contributed by atoms with Gasteiger partial charge in [-0.1, -0.05) is 54.2 Å². The van der Waals surface area contributed by atoms with Crippen LogP contribution in [-0.2, 0) is 0 Å². The molecule has 2 aromatic rings. The lowest BCUT2D eigenvalue weighted by Gasteiger charge is -2.11. The molecule has 1 aromatic carbocycles. The van der Waals surface area contributed by atoms with E-state index >= 15 is 0 Å². The number of benzene rings is 1. The summed E-state index contributed by atoms with van der Waals surface area (Å²) in [4.78, 5) is 8.76. The zero-order valence-electron chi connectivity index (χ0n) is 11.5. The highest BCUT2D eigenvalue weighted by Crippen LogP contribution is 2.31. The number of halogens is 2. The number of hydrogen-bond acceptors (Lipinski definition) is 2. The van der Waals surface area contributed by atoms with E-state index in [-0.39, 0.29) is 5.92 Å². The number of hydrogen-bond donors (Lipinski definition) is 0. The summed E-state index contributed by atoms with van der Waals surface area (Å²) in [5, 5.41) is 0.869. The highest BCUT2D eigenvalue weighted by atomic mass is 35.5. The van der Waals surface area contributed by atoms with Crippen molar-refractivity contribution in [3.05, 3.63) is 45.2 Å². The topological polar surface area (TPSA) is 25.8 Å². The Hall–Kier alpha value is -1.12. The van der Waals surface area contributed by atoms with Crippen molar-refractivity contribution in [3.8, 4) is 11.4 Å². The highest BCUT2D eigenvalue weighted by molar-refractivity contribution is 6.34. The summed E-state index contributed by atoms with van der Waals surface area (Å²) in [6.45, 7) is 8.13. The van der Waals surface area contributed by atoms with Gasteiger partial charge in [0.1, 0.15) is 10.3 Å². The van der Waals surface area contributed by atoms with E-state index in [1.54, 1.807) is 0 Å². The van der Waals surface area contributed by atoms with Gasteiger partial charge in [-0.15, -0.1) is 0 Å². The van der Waals surface area contributed by atoms with Crippen LogP contribution in [-0.4, -0.2) is 9.97 Å². The molecule has 0 amide bonds. The highest BCUT2D eigenvalue weighted by Gasteiger charge is 2.15. The van der Waals surface area contributed by atoms with E-state index < -0.39 is 0 Å². The Morgan fingerprint density at radius 1 is 0.895 bits per heavy atom. The van der Waals surface area contributed by atoms with Crippen LogP contribution in [0.25, 0.3) is 11.4 Å². The van der Waals surface area contributed by atoms with Crippen LogP contribution in [0, 0.1) is 13.8 Å². The van der Waals surface area contributed by atoms with E-state index in [4.69, 9.17) is 23.2 Å². The smallest absolute Gasteiger partial charge is 0.162 e. The second-order valence-corrected chi connectivity index (χ2v) is 5.79. The predicted molar refractivity (Wildman–Crippen MR) is 81.1 cm³/mol. The van der Waals surface area contributed by atoms with Gasteiger partial charge in [-0.2, -0.15) is 0 Å². The second-order valence-electron chi connectivity index (χ2n) is 5.07. The lowest BCUT2D eigenvalue weighted by molar-refractivity contribution is 0.848. The Morgan fingerprint density at radius 3 is 1.79 bits per heavy atom. The van der Waals surface area contributed by atoms with Crippen LogP contribution < -0.4 is 0 Å². The Kier molecular flexibility index (Phi) is 4.12. The summed E-state index contributed by atoms with van der Waals surface area (Å²) >= 11 is 12.4. The minimum absolute atomic E-state index is 0.202. The van der Waals surface area contributed by atoms with Gasteiger partial charge in [0.05, 0.1) is 0 Å². The SMILES string of the molecule is Cc1cc(C)cc(-c2nc(Cl)c(C(C)C)c(Cl)n2)c1. The molecule has 0 aliphatic heterocycles. The van der Waals surface area contributed by atoms with Gasteiger partial charge in [0, 0.05) is 11.1 Å². The molecule has 0 saturated heterocycles. The monoisotopic (exact) mass is 294 g/mol. The number of aromatic nitrogens is 2. The van der Waals surface area contributed by atoms with Crippen LogP contribution in [0.2, 0.25) is 10.3 Å². The Balaban J connectivity index is 2.58. The molecule has 0 atom stereocenters. The molecule has 0 radical (unpaired) electrons. The summed E-state index contributed by atoms with van der Waals surface area (Å²) < 4.78 is 0. The fraction of sp³-hybridized carbons (Fsp3) is 0.333. The lowest BCUT2D eigenvalue weighted by atomic mass is 10.1. The molecule has 1 heterocycles. The summed E-state index contributed by atoms with van der Waals surface area (Å²) in [7, 11) is 0. The van der Waals surface area contributed by atoms with Gasteiger partial charge >= 0.3 is 0 Å². The van der Waals surface area contributed by atoms with E-state index in [0.717, 1.165) is 11.1 Å². The van der Waals surface area contributed by atoms with Crippen molar-refractivity contribution in [1.29, 1.82) is 0 Å². The maximum atomic E-state index is 6.22. The van der Waals surface area contributed by atoms with Crippen molar-refractivity contribution in [2.75, 3.05) is 0 Å². The van der Waals surface area contributed by atoms with Crippen LogP contribution in [0.4, 0.5) is 0 Å². The van der Waals surface area contributed by atoms with Gasteiger partial charge in [0.2, 0.25) is 0 Å². The third-order valence-electron chi connectivity index (χ3n) is 2.91. The summed E-state index contributed by atoms with van der Waals surface area (Å²) in [6.07, 6.45) is 0. The van der Waals surface area contributed by atoms with Gasteiger partial charge in [-0.3, -0.25) is 0 Å². The van der Waals surface area contributed by atoms with Crippen molar-refractivity contribution >= 4 is 23.2 Å². The van der Waals surface area contributed by atoms with Crippen molar-refractivity contribution in [2.24, 2.45) is 0 Å². The van der Waals surface area contributed by atoms with E-state index in [2.05, 4.69) is 16.0 Å². The van der Waals surface area contributed by atoms with Gasteiger partial charge in [-0.25, -0.2) is 9.97 Å². The first-order valence-electron chi connectivity index (χ1n) is 6.20. The normalized spacial score (nSPS) is 11.1. The van der Waals surface area contributed by atoms with Gasteiger partial charge in [0.15, 0.2) is 5.82 Å². The Bertz CT molecular complexity index is 578. The number of aryl methyl sites for hydroxylation is 2. The molecule has 2 nitrogen and oxygen atoms in total. The summed E-state index contributed by atoms with van der Waals surface area (Å²) in [5.74, 6) is 0.777. The van der Waals surface area contributed by atoms with Crippen LogP contribution in [0.15, 0.2) is 18.2 Å². The molecule has 1 aromatic heterocycles. The fourth-order valence-electron chi connectivity index (χ4n) is 2.13. The molecule has 0 N–H and O–H groups in total. The van der Waals surface area contributed by atoms with E-state index in [0.29, 0.717) is 16.1 Å². The van der Waals surface area contributed by atoms with Gasteiger partial charge < -0.3 is 0 Å². The first-order valence-corrected chi connectivity index (χ1v) is 6.95. The third-order valence-corrected chi connectivity index (χ3v) is 3.49. The van der Waals surface area contributed by atoms with Gasteiger partial charge in [0.25, 0.3) is 0 Å². The first-order chi connectivity index (χ1) is 8.88. The molecule has 0 fully saturated rings. The Labute approximate surface area is 123 Å². The molecule has 100 valence electrons. The number of rotatable bonds is 2. The van der Waals surface area contributed by atoms with E-state index in [9.17, 15) is 0 Å². The van der Waals surface area contributed by atoms with Crippen LogP contribution in [0.5, 0.6) is 0 Å². The average molecular weight is 295 g/mol. The van der Waals surface area contributed by atoms with Crippen LogP contribution >= 0.6 is 23.2 Å². The molecule has 19 heavy (non-hydrogen) atoms. The second kappa shape index (κ2) is 5.48. The molecule has 0 spiro atoms. The third kappa shape index (κ3) is 3.07.